The number of ether oxygens (including phenoxy) is 1. The lowest BCUT2D eigenvalue weighted by Gasteiger charge is -2.50. The lowest BCUT2D eigenvalue weighted by molar-refractivity contribution is -0.290. The van der Waals surface area contributed by atoms with Gasteiger partial charge in [0.15, 0.2) is 22.8 Å². The molecule has 0 aromatic carbocycles. The second-order valence-electron chi connectivity index (χ2n) is 11.5. The van der Waals surface area contributed by atoms with Crippen LogP contribution in [0.4, 0.5) is 5.82 Å². The number of aliphatic hydroxyl groups excluding tert-OH is 2. The Hall–Kier alpha value is -1.77. The average Bonchev–Trinajstić information content (AvgIpc) is 3.39. The summed E-state index contributed by atoms with van der Waals surface area (Å²) in [5.41, 5.74) is 4.94. The van der Waals surface area contributed by atoms with Gasteiger partial charge in [-0.1, -0.05) is 11.8 Å². The molecular weight excluding hydrogens is 636 g/mol. The number of amides is 1. The van der Waals surface area contributed by atoms with E-state index >= 15 is 0 Å². The number of hydrogen-bond acceptors (Lipinski definition) is 14. The van der Waals surface area contributed by atoms with Gasteiger partial charge >= 0.3 is 15.6 Å². The van der Waals surface area contributed by atoms with Crippen LogP contribution in [-0.2, 0) is 32.7 Å². The summed E-state index contributed by atoms with van der Waals surface area (Å²) in [7, 11) is -10.6. The van der Waals surface area contributed by atoms with E-state index in [2.05, 4.69) is 29.1 Å². The molecule has 5 atom stereocenters. The molecule has 43 heavy (non-hydrogen) atoms. The van der Waals surface area contributed by atoms with Crippen molar-refractivity contribution in [1.82, 2.24) is 29.9 Å². The molecule has 2 aliphatic heterocycles. The molecule has 0 spiro atoms. The van der Waals surface area contributed by atoms with Crippen molar-refractivity contribution in [1.29, 1.82) is 0 Å². The van der Waals surface area contributed by atoms with Gasteiger partial charge in [-0.05, 0) is 40.5 Å². The number of aliphatic hydroxyl groups is 2. The predicted octanol–water partition coefficient (Wildman–Crippen LogP) is -0.171. The van der Waals surface area contributed by atoms with Crippen molar-refractivity contribution in [3.63, 3.8) is 0 Å². The van der Waals surface area contributed by atoms with Gasteiger partial charge in [0.1, 0.15) is 23.8 Å². The van der Waals surface area contributed by atoms with E-state index in [1.807, 2.05) is 27.7 Å². The number of anilines is 1. The van der Waals surface area contributed by atoms with Crippen molar-refractivity contribution in [2.45, 2.75) is 87.4 Å². The van der Waals surface area contributed by atoms with Crippen molar-refractivity contribution in [3.05, 3.63) is 6.33 Å². The van der Waals surface area contributed by atoms with Crippen LogP contribution in [0.3, 0.4) is 0 Å². The Morgan fingerprint density at radius 1 is 1.16 bits per heavy atom. The molecule has 2 saturated heterocycles. The number of nitrogen functional groups attached to an aromatic ring is 1. The number of carbonyl (C=O) groups excluding carboxylic acids is 1. The molecule has 4 rings (SSSR count). The lowest BCUT2D eigenvalue weighted by atomic mass is 9.79. The molecule has 241 valence electrons. The van der Waals surface area contributed by atoms with Gasteiger partial charge < -0.3 is 40.7 Å². The SMILES string of the molecule is CC1(C)CC(NC(=O)CSc2nc(N)c3ncn([C@@H]4O[C@H](COP(=O)(O)OP(=O)(O)O)[C@@H](O)[C@H]4O)c3n2)CC(C)(C)N1[O]. The van der Waals surface area contributed by atoms with Gasteiger partial charge in [-0.3, -0.25) is 13.9 Å². The number of nitrogens with two attached hydrogens (primary N) is 1. The standard InChI is InChI=1S/C21H34N7O12P2S/c1-20(2)5-10(6-21(3,4)28(20)32)24-12(29)8-43-19-25-16(22)13-17(26-19)27(9-23-13)18-15(31)14(30)11(39-18)7-38-42(36,37)40-41(33,34)35/h9-11,14-15,18,30-31H,5-8H2,1-4H3,(H,24,29)(H,36,37)(H2,22,25,26)(H2,33,34,35)/t11-,14-,15-,18-/m1/s1. The second-order valence-corrected chi connectivity index (χ2v) is 15.3. The highest BCUT2D eigenvalue weighted by Gasteiger charge is 2.47. The number of carbonyl (C=O) groups is 1. The van der Waals surface area contributed by atoms with E-state index in [0.29, 0.717) is 12.8 Å². The first-order valence-electron chi connectivity index (χ1n) is 12.8. The van der Waals surface area contributed by atoms with Crippen LogP contribution in [0.15, 0.2) is 11.5 Å². The van der Waals surface area contributed by atoms with Gasteiger partial charge in [0.05, 0.1) is 18.7 Å². The van der Waals surface area contributed by atoms with E-state index in [1.54, 1.807) is 0 Å². The van der Waals surface area contributed by atoms with Crippen LogP contribution in [0.2, 0.25) is 0 Å². The van der Waals surface area contributed by atoms with Gasteiger partial charge in [0.25, 0.3) is 0 Å². The van der Waals surface area contributed by atoms with Gasteiger partial charge in [-0.25, -0.2) is 24.1 Å². The summed E-state index contributed by atoms with van der Waals surface area (Å²) in [5.74, 6) is -0.418. The smallest absolute Gasteiger partial charge is 0.387 e. The molecule has 1 radical (unpaired) electrons. The fourth-order valence-electron chi connectivity index (χ4n) is 5.36. The Kier molecular flexibility index (Phi) is 9.68. The molecule has 22 heteroatoms. The molecule has 2 fully saturated rings. The third-order valence-corrected chi connectivity index (χ3v) is 9.94. The Morgan fingerprint density at radius 3 is 2.40 bits per heavy atom. The molecule has 8 N–H and O–H groups in total. The van der Waals surface area contributed by atoms with Gasteiger partial charge in [0, 0.05) is 17.1 Å². The highest BCUT2D eigenvalue weighted by atomic mass is 32.2. The van der Waals surface area contributed by atoms with Crippen LogP contribution in [0.1, 0.15) is 46.8 Å². The third-order valence-electron chi connectivity index (χ3n) is 6.94. The summed E-state index contributed by atoms with van der Waals surface area (Å²) in [6.45, 7) is 6.43. The number of phosphoric ester groups is 1. The first-order chi connectivity index (χ1) is 19.7. The van der Waals surface area contributed by atoms with Crippen molar-refractivity contribution in [3.8, 4) is 0 Å². The number of hydroxylamine groups is 2. The van der Waals surface area contributed by atoms with Gasteiger partial charge in [-0.2, -0.15) is 4.31 Å². The number of thioether (sulfide) groups is 1. The Labute approximate surface area is 249 Å². The van der Waals surface area contributed by atoms with Crippen LogP contribution in [0.5, 0.6) is 0 Å². The molecule has 2 aliphatic rings. The highest BCUT2D eigenvalue weighted by Crippen LogP contribution is 2.57. The van der Waals surface area contributed by atoms with Crippen LogP contribution in [-0.4, -0.2) is 103 Å². The molecule has 2 aromatic rings. The fraction of sp³-hybridized carbons (Fsp3) is 0.714. The monoisotopic (exact) mass is 670 g/mol. The maximum absolute atomic E-state index is 12.8. The maximum atomic E-state index is 12.8. The number of phosphoric acid groups is 2. The number of aromatic nitrogens is 4. The minimum Gasteiger partial charge on any atom is -0.387 e. The zero-order valence-electron chi connectivity index (χ0n) is 23.5. The zero-order valence-corrected chi connectivity index (χ0v) is 26.1. The Balaban J connectivity index is 1.43. The Morgan fingerprint density at radius 2 is 1.79 bits per heavy atom. The normalized spacial score (nSPS) is 27.8. The maximum Gasteiger partial charge on any atom is 0.481 e. The van der Waals surface area contributed by atoms with Crippen molar-refractivity contribution < 1.29 is 57.6 Å². The molecule has 4 heterocycles. The van der Waals surface area contributed by atoms with Crippen LogP contribution >= 0.6 is 27.4 Å². The fourth-order valence-corrected chi connectivity index (χ4v) is 7.61. The molecule has 1 amide bonds. The molecule has 0 saturated carbocycles. The molecule has 19 nitrogen and oxygen atoms in total. The van der Waals surface area contributed by atoms with E-state index in [9.17, 15) is 34.2 Å². The number of rotatable bonds is 10. The summed E-state index contributed by atoms with van der Waals surface area (Å²) in [4.78, 5) is 52.4. The number of imidazole rings is 1. The molecule has 2 aromatic heterocycles. The van der Waals surface area contributed by atoms with Crippen molar-refractivity contribution >= 4 is 50.3 Å². The number of hydrogen-bond donors (Lipinski definition) is 7. The van der Waals surface area contributed by atoms with E-state index in [1.165, 1.54) is 10.9 Å². The lowest BCUT2D eigenvalue weighted by Crippen LogP contribution is -2.62. The van der Waals surface area contributed by atoms with Crippen molar-refractivity contribution in [2.24, 2.45) is 0 Å². The summed E-state index contributed by atoms with van der Waals surface area (Å²) in [6, 6.07) is -0.217. The predicted molar refractivity (Wildman–Crippen MR) is 147 cm³/mol. The van der Waals surface area contributed by atoms with Gasteiger partial charge in [0.2, 0.25) is 5.91 Å². The minimum absolute atomic E-state index is 0.0401. The van der Waals surface area contributed by atoms with Crippen LogP contribution in [0.25, 0.3) is 11.2 Å². The molecule has 0 bridgehead atoms. The zero-order chi connectivity index (χ0) is 32.1. The first-order valence-corrected chi connectivity index (χ1v) is 16.9. The average molecular weight is 671 g/mol. The number of nitrogens with zero attached hydrogens (tertiary/aromatic N) is 5. The first kappa shape index (κ1) is 34.1. The van der Waals surface area contributed by atoms with E-state index in [-0.39, 0.29) is 39.8 Å². The second kappa shape index (κ2) is 12.2. The molecule has 0 aliphatic carbocycles. The van der Waals surface area contributed by atoms with Gasteiger partial charge in [-0.15, -0.1) is 10.3 Å². The highest BCUT2D eigenvalue weighted by molar-refractivity contribution is 7.99. The number of piperidine rings is 1. The van der Waals surface area contributed by atoms with E-state index < -0.39 is 57.9 Å². The largest absolute Gasteiger partial charge is 0.481 e. The van der Waals surface area contributed by atoms with Crippen LogP contribution < -0.4 is 11.1 Å². The summed E-state index contributed by atoms with van der Waals surface area (Å²) in [5, 5.41) is 37.7. The van der Waals surface area contributed by atoms with Crippen LogP contribution in [0, 0.1) is 0 Å². The summed E-state index contributed by atoms with van der Waals surface area (Å²) < 4.78 is 37.6. The van der Waals surface area contributed by atoms with E-state index in [4.69, 9.17) is 20.3 Å². The van der Waals surface area contributed by atoms with E-state index in [0.717, 1.165) is 16.8 Å². The summed E-state index contributed by atoms with van der Waals surface area (Å²) in [6.07, 6.45) is -3.92. The van der Waals surface area contributed by atoms with Crippen molar-refractivity contribution in [2.75, 3.05) is 18.1 Å². The topological polar surface area (TPSA) is 285 Å². The number of fused-ring (bicyclic) bond motifs is 1. The minimum atomic E-state index is -5.37. The molecular formula is C21H34N7O12P2S. The third kappa shape index (κ3) is 7.91. The number of nitrogens with one attached hydrogen (secondary N) is 1. The quantitative estimate of drug-likeness (QED) is 0.0981. The molecule has 1 unspecified atom stereocenters. The summed E-state index contributed by atoms with van der Waals surface area (Å²) >= 11 is 0.982. The Bertz CT molecular complexity index is 1440.